The lowest BCUT2D eigenvalue weighted by molar-refractivity contribution is -0.122. The molecule has 1 saturated carbocycles. The highest BCUT2D eigenvalue weighted by atomic mass is 32.2. The van der Waals surface area contributed by atoms with E-state index in [9.17, 15) is 18.0 Å². The minimum Gasteiger partial charge on any atom is -0.379 e. The van der Waals surface area contributed by atoms with Crippen molar-refractivity contribution < 1.29 is 22.2 Å². The van der Waals surface area contributed by atoms with Crippen LogP contribution in [0.5, 0.6) is 5.75 Å². The van der Waals surface area contributed by atoms with E-state index in [0.717, 1.165) is 25.7 Å². The average molecular weight is 385 g/mol. The Balaban J connectivity index is 1.62. The number of carbonyl (C=O) groups excluding carboxylic acids is 2. The summed E-state index contributed by atoms with van der Waals surface area (Å²) in [5.41, 5.74) is 0.347. The fraction of sp³-hybridized carbons (Fsp3) is 0.300. The molecule has 4 rings (SSSR count). The second-order valence-electron chi connectivity index (χ2n) is 6.86. The normalized spacial score (nSPS) is 22.6. The number of benzene rings is 2. The van der Waals surface area contributed by atoms with Crippen molar-refractivity contribution in [1.29, 1.82) is 0 Å². The van der Waals surface area contributed by atoms with Crippen LogP contribution < -0.4 is 9.08 Å². The predicted octanol–water partition coefficient (Wildman–Crippen LogP) is 3.13. The van der Waals surface area contributed by atoms with E-state index in [2.05, 4.69) is 0 Å². The van der Waals surface area contributed by atoms with Crippen molar-refractivity contribution in [3.63, 3.8) is 0 Å². The van der Waals surface area contributed by atoms with E-state index >= 15 is 0 Å². The molecular weight excluding hydrogens is 366 g/mol. The number of rotatable bonds is 4. The van der Waals surface area contributed by atoms with Crippen LogP contribution in [0.1, 0.15) is 25.7 Å². The van der Waals surface area contributed by atoms with Crippen LogP contribution in [-0.4, -0.2) is 20.2 Å². The molecule has 0 radical (unpaired) electrons. The SMILES string of the molecule is O=C1[C@H]2CCCC[C@@H]2C(=O)N1c1cccc(OS(=O)(=O)c2ccccc2)c1. The molecule has 6 nitrogen and oxygen atoms in total. The van der Waals surface area contributed by atoms with Gasteiger partial charge in [0.2, 0.25) is 11.8 Å². The van der Waals surface area contributed by atoms with Gasteiger partial charge in [0.25, 0.3) is 0 Å². The molecule has 7 heteroatoms. The van der Waals surface area contributed by atoms with Crippen molar-refractivity contribution >= 4 is 27.6 Å². The first kappa shape index (κ1) is 17.7. The van der Waals surface area contributed by atoms with Crippen LogP contribution in [0.4, 0.5) is 5.69 Å². The number of amides is 2. The van der Waals surface area contributed by atoms with Gasteiger partial charge in [-0.05, 0) is 37.1 Å². The number of imide groups is 1. The summed E-state index contributed by atoms with van der Waals surface area (Å²) >= 11 is 0. The molecule has 0 N–H and O–H groups in total. The third-order valence-electron chi connectivity index (χ3n) is 5.15. The fourth-order valence-corrected chi connectivity index (χ4v) is 4.80. The molecule has 0 unspecified atom stereocenters. The Bertz CT molecular complexity index is 962. The molecule has 2 aromatic carbocycles. The highest BCUT2D eigenvalue weighted by Crippen LogP contribution is 2.40. The van der Waals surface area contributed by atoms with Crippen LogP contribution in [0.3, 0.4) is 0 Å². The van der Waals surface area contributed by atoms with Gasteiger partial charge in [0, 0.05) is 6.07 Å². The molecule has 0 aromatic heterocycles. The van der Waals surface area contributed by atoms with Gasteiger partial charge in [0.05, 0.1) is 17.5 Å². The number of hydrogen-bond acceptors (Lipinski definition) is 5. The third-order valence-corrected chi connectivity index (χ3v) is 6.42. The lowest BCUT2D eigenvalue weighted by Gasteiger charge is -2.19. The van der Waals surface area contributed by atoms with Gasteiger partial charge in [-0.1, -0.05) is 37.1 Å². The van der Waals surface area contributed by atoms with Gasteiger partial charge < -0.3 is 4.18 Å². The van der Waals surface area contributed by atoms with Crippen LogP contribution in [0, 0.1) is 11.8 Å². The molecule has 27 heavy (non-hydrogen) atoms. The summed E-state index contributed by atoms with van der Waals surface area (Å²) in [4.78, 5) is 26.6. The van der Waals surface area contributed by atoms with Crippen molar-refractivity contribution in [2.45, 2.75) is 30.6 Å². The maximum atomic E-state index is 12.7. The number of fused-ring (bicyclic) bond motifs is 1. The first-order valence-electron chi connectivity index (χ1n) is 8.95. The first-order chi connectivity index (χ1) is 13.0. The largest absolute Gasteiger partial charge is 0.379 e. The molecule has 1 heterocycles. The maximum absolute atomic E-state index is 12.7. The van der Waals surface area contributed by atoms with Crippen molar-refractivity contribution in [3.05, 3.63) is 54.6 Å². The number of hydrogen-bond donors (Lipinski definition) is 0. The Hall–Kier alpha value is -2.67. The van der Waals surface area contributed by atoms with Gasteiger partial charge in [-0.3, -0.25) is 9.59 Å². The zero-order valence-electron chi connectivity index (χ0n) is 14.6. The molecule has 1 saturated heterocycles. The van der Waals surface area contributed by atoms with E-state index in [1.165, 1.54) is 29.2 Å². The lowest BCUT2D eigenvalue weighted by Crippen LogP contribution is -2.30. The molecule has 1 aliphatic carbocycles. The molecule has 2 aliphatic rings. The molecule has 2 amide bonds. The maximum Gasteiger partial charge on any atom is 0.339 e. The molecule has 140 valence electrons. The van der Waals surface area contributed by atoms with Gasteiger partial charge in [-0.15, -0.1) is 0 Å². The molecule has 2 atom stereocenters. The molecule has 2 fully saturated rings. The summed E-state index contributed by atoms with van der Waals surface area (Å²) in [5.74, 6) is -0.861. The Morgan fingerprint density at radius 2 is 1.48 bits per heavy atom. The molecule has 2 aromatic rings. The molecule has 0 bridgehead atoms. The van der Waals surface area contributed by atoms with E-state index in [0.29, 0.717) is 5.69 Å². The second kappa shape index (κ2) is 6.81. The monoisotopic (exact) mass is 385 g/mol. The van der Waals surface area contributed by atoms with Crippen LogP contribution in [0.2, 0.25) is 0 Å². The zero-order chi connectivity index (χ0) is 19.0. The smallest absolute Gasteiger partial charge is 0.339 e. The summed E-state index contributed by atoms with van der Waals surface area (Å²) in [7, 11) is -3.99. The highest BCUT2D eigenvalue weighted by Gasteiger charge is 2.48. The summed E-state index contributed by atoms with van der Waals surface area (Å²) in [6, 6.07) is 13.9. The highest BCUT2D eigenvalue weighted by molar-refractivity contribution is 7.87. The van der Waals surface area contributed by atoms with Crippen molar-refractivity contribution in [1.82, 2.24) is 0 Å². The van der Waals surface area contributed by atoms with Crippen molar-refractivity contribution in [3.8, 4) is 5.75 Å². The number of carbonyl (C=O) groups is 2. The van der Waals surface area contributed by atoms with Gasteiger partial charge >= 0.3 is 10.1 Å². The van der Waals surface area contributed by atoms with E-state index in [-0.39, 0.29) is 34.3 Å². The Kier molecular flexibility index (Phi) is 4.47. The second-order valence-corrected chi connectivity index (χ2v) is 8.40. The van der Waals surface area contributed by atoms with Crippen LogP contribution in [0.15, 0.2) is 59.5 Å². The summed E-state index contributed by atoms with van der Waals surface area (Å²) in [5, 5.41) is 0. The van der Waals surface area contributed by atoms with E-state index in [1.807, 2.05) is 0 Å². The quantitative estimate of drug-likeness (QED) is 0.597. The van der Waals surface area contributed by atoms with E-state index in [1.54, 1.807) is 30.3 Å². The van der Waals surface area contributed by atoms with Gasteiger partial charge in [0.1, 0.15) is 10.6 Å². The number of nitrogens with zero attached hydrogens (tertiary/aromatic N) is 1. The van der Waals surface area contributed by atoms with Gasteiger partial charge in [-0.2, -0.15) is 8.42 Å². The third kappa shape index (κ3) is 3.23. The number of anilines is 1. The van der Waals surface area contributed by atoms with Crippen molar-refractivity contribution in [2.24, 2.45) is 11.8 Å². The Labute approximate surface area is 157 Å². The summed E-state index contributed by atoms with van der Waals surface area (Å²) in [6.07, 6.45) is 3.35. The summed E-state index contributed by atoms with van der Waals surface area (Å²) in [6.45, 7) is 0. The van der Waals surface area contributed by atoms with Gasteiger partial charge in [-0.25, -0.2) is 4.90 Å². The van der Waals surface area contributed by atoms with E-state index in [4.69, 9.17) is 4.18 Å². The van der Waals surface area contributed by atoms with Crippen LogP contribution >= 0.6 is 0 Å². The standard InChI is InChI=1S/C20H19NO5S/c22-19-17-11-4-5-12-18(17)20(23)21(19)14-7-6-8-15(13-14)26-27(24,25)16-9-2-1-3-10-16/h1-3,6-10,13,17-18H,4-5,11-12H2/t17-,18-/m0/s1. The van der Waals surface area contributed by atoms with Crippen molar-refractivity contribution in [2.75, 3.05) is 4.90 Å². The van der Waals surface area contributed by atoms with Crippen LogP contribution in [-0.2, 0) is 19.7 Å². The van der Waals surface area contributed by atoms with E-state index < -0.39 is 10.1 Å². The van der Waals surface area contributed by atoms with Crippen LogP contribution in [0.25, 0.3) is 0 Å². The first-order valence-corrected chi connectivity index (χ1v) is 10.4. The zero-order valence-corrected chi connectivity index (χ0v) is 15.4. The summed E-state index contributed by atoms with van der Waals surface area (Å²) < 4.78 is 30.0. The molecule has 1 aliphatic heterocycles. The Morgan fingerprint density at radius 3 is 2.11 bits per heavy atom. The topological polar surface area (TPSA) is 80.8 Å². The predicted molar refractivity (Wildman–Crippen MR) is 98.6 cm³/mol. The average Bonchev–Trinajstić information content (AvgIpc) is 2.93. The minimum absolute atomic E-state index is 0.0368. The molecular formula is C20H19NO5S. The lowest BCUT2D eigenvalue weighted by atomic mass is 9.81. The Morgan fingerprint density at radius 1 is 0.852 bits per heavy atom. The minimum atomic E-state index is -3.99. The fourth-order valence-electron chi connectivity index (χ4n) is 3.85. The molecule has 0 spiro atoms. The van der Waals surface area contributed by atoms with Gasteiger partial charge in [0.15, 0.2) is 0 Å².